The number of amides is 1. The van der Waals surface area contributed by atoms with Crippen LogP contribution in [0, 0.1) is 0 Å². The van der Waals surface area contributed by atoms with E-state index >= 15 is 0 Å². The minimum atomic E-state index is 0.0771. The zero-order valence-corrected chi connectivity index (χ0v) is 19.5. The molecular formula is C28H33NO3. The number of methoxy groups -OCH3 is 1. The summed E-state index contributed by atoms with van der Waals surface area (Å²) >= 11 is 0. The van der Waals surface area contributed by atoms with Crippen LogP contribution in [0.2, 0.25) is 0 Å². The second-order valence-electron chi connectivity index (χ2n) is 8.25. The molecule has 0 aliphatic rings. The van der Waals surface area contributed by atoms with Crippen molar-refractivity contribution in [3.63, 3.8) is 0 Å². The minimum absolute atomic E-state index is 0.0771. The van der Waals surface area contributed by atoms with Gasteiger partial charge in [-0.25, -0.2) is 0 Å². The van der Waals surface area contributed by atoms with Gasteiger partial charge in [-0.2, -0.15) is 0 Å². The molecular weight excluding hydrogens is 398 g/mol. The second kappa shape index (κ2) is 11.4. The van der Waals surface area contributed by atoms with Crippen molar-refractivity contribution in [2.75, 3.05) is 13.7 Å². The Hall–Kier alpha value is -3.27. The number of carbonyl (C=O) groups excluding carboxylic acids is 1. The fourth-order valence-corrected chi connectivity index (χ4v) is 3.94. The van der Waals surface area contributed by atoms with E-state index in [9.17, 15) is 4.79 Å². The molecule has 0 spiro atoms. The fraction of sp³-hybridized carbons (Fsp3) is 0.321. The Bertz CT molecular complexity index is 983. The van der Waals surface area contributed by atoms with Crippen LogP contribution in [-0.2, 0) is 11.3 Å². The Kier molecular flexibility index (Phi) is 8.32. The lowest BCUT2D eigenvalue weighted by atomic mass is 9.87. The van der Waals surface area contributed by atoms with Crippen molar-refractivity contribution in [3.8, 4) is 11.5 Å². The summed E-state index contributed by atoms with van der Waals surface area (Å²) in [6.07, 6.45) is 0.921. The fourth-order valence-electron chi connectivity index (χ4n) is 3.94. The monoisotopic (exact) mass is 431 g/mol. The summed E-state index contributed by atoms with van der Waals surface area (Å²) in [4.78, 5) is 14.3. The molecule has 1 amide bonds. The van der Waals surface area contributed by atoms with Gasteiger partial charge < -0.3 is 14.4 Å². The predicted molar refractivity (Wildman–Crippen MR) is 129 cm³/mol. The summed E-state index contributed by atoms with van der Waals surface area (Å²) in [5.74, 6) is 1.89. The summed E-state index contributed by atoms with van der Waals surface area (Å²) in [7, 11) is 1.70. The van der Waals surface area contributed by atoms with Gasteiger partial charge in [0, 0.05) is 31.5 Å². The summed E-state index contributed by atoms with van der Waals surface area (Å²) in [6.45, 7) is 6.94. The summed E-state index contributed by atoms with van der Waals surface area (Å²) < 4.78 is 11.5. The van der Waals surface area contributed by atoms with Gasteiger partial charge in [0.2, 0.25) is 5.91 Å². The normalized spacial score (nSPS) is 11.8. The highest BCUT2D eigenvalue weighted by atomic mass is 16.5. The number of carbonyl (C=O) groups is 1. The Morgan fingerprint density at radius 1 is 0.906 bits per heavy atom. The first-order valence-electron chi connectivity index (χ1n) is 11.2. The first-order chi connectivity index (χ1) is 15.5. The molecule has 0 heterocycles. The van der Waals surface area contributed by atoms with Gasteiger partial charge in [-0.05, 0) is 49.6 Å². The van der Waals surface area contributed by atoms with E-state index in [0.29, 0.717) is 13.1 Å². The molecule has 0 bridgehead atoms. The van der Waals surface area contributed by atoms with Crippen LogP contribution in [0.5, 0.6) is 11.5 Å². The van der Waals surface area contributed by atoms with Gasteiger partial charge in [0.1, 0.15) is 11.5 Å². The molecule has 168 valence electrons. The second-order valence-corrected chi connectivity index (χ2v) is 8.25. The molecule has 3 aromatic rings. The molecule has 0 aliphatic heterocycles. The molecule has 0 saturated heterocycles. The first-order valence-corrected chi connectivity index (χ1v) is 11.2. The maximum Gasteiger partial charge on any atom is 0.219 e. The molecule has 0 aromatic heterocycles. The van der Waals surface area contributed by atoms with Crippen LogP contribution in [-0.4, -0.2) is 30.6 Å². The molecule has 0 radical (unpaired) electrons. The van der Waals surface area contributed by atoms with Gasteiger partial charge in [-0.1, -0.05) is 60.7 Å². The lowest BCUT2D eigenvalue weighted by Gasteiger charge is -2.26. The number of ether oxygens (including phenoxy) is 2. The number of nitrogens with zero attached hydrogens (tertiary/aromatic N) is 1. The van der Waals surface area contributed by atoms with Crippen molar-refractivity contribution in [2.45, 2.75) is 45.8 Å². The van der Waals surface area contributed by atoms with Crippen molar-refractivity contribution >= 4 is 5.91 Å². The summed E-state index contributed by atoms with van der Waals surface area (Å²) in [6, 6.07) is 26.5. The van der Waals surface area contributed by atoms with E-state index in [0.717, 1.165) is 29.0 Å². The molecule has 0 fully saturated rings. The number of benzene rings is 3. The van der Waals surface area contributed by atoms with Crippen LogP contribution < -0.4 is 9.47 Å². The van der Waals surface area contributed by atoms with Crippen molar-refractivity contribution in [1.82, 2.24) is 4.90 Å². The predicted octanol–water partition coefficient (Wildman–Crippen LogP) is 6.05. The molecule has 0 N–H and O–H groups in total. The van der Waals surface area contributed by atoms with E-state index in [-0.39, 0.29) is 17.9 Å². The molecule has 3 rings (SSSR count). The highest BCUT2D eigenvalue weighted by molar-refractivity contribution is 5.73. The van der Waals surface area contributed by atoms with E-state index < -0.39 is 0 Å². The van der Waals surface area contributed by atoms with Crippen LogP contribution in [0.1, 0.15) is 49.8 Å². The maximum atomic E-state index is 12.4. The minimum Gasteiger partial charge on any atom is -0.496 e. The standard InChI is InChI=1S/C28H33NO3/c1-21(2)32-25-16-14-24(15-17-25)26(27-12-8-9-13-28(27)31-4)18-19-29(22(3)30)20-23-10-6-5-7-11-23/h5-17,21,26H,18-20H2,1-4H3/t26-/m0/s1. The van der Waals surface area contributed by atoms with Crippen LogP contribution in [0.3, 0.4) is 0 Å². The Morgan fingerprint density at radius 2 is 1.56 bits per heavy atom. The Balaban J connectivity index is 1.86. The SMILES string of the molecule is COc1ccccc1[C@@H](CCN(Cc1ccccc1)C(C)=O)c1ccc(OC(C)C)cc1. The Morgan fingerprint density at radius 3 is 2.19 bits per heavy atom. The third kappa shape index (κ3) is 6.36. The molecule has 1 atom stereocenters. The zero-order valence-electron chi connectivity index (χ0n) is 19.5. The third-order valence-electron chi connectivity index (χ3n) is 5.52. The molecule has 4 heteroatoms. The average Bonchev–Trinajstić information content (AvgIpc) is 2.80. The number of hydrogen-bond donors (Lipinski definition) is 0. The van der Waals surface area contributed by atoms with Gasteiger partial charge in [0.25, 0.3) is 0 Å². The molecule has 0 saturated carbocycles. The van der Waals surface area contributed by atoms with E-state index in [1.807, 2.05) is 67.3 Å². The number of para-hydroxylation sites is 1. The van der Waals surface area contributed by atoms with Gasteiger partial charge in [0.05, 0.1) is 13.2 Å². The van der Waals surface area contributed by atoms with E-state index in [1.165, 1.54) is 5.56 Å². The first kappa shape index (κ1) is 23.4. The van der Waals surface area contributed by atoms with E-state index in [1.54, 1.807) is 14.0 Å². The number of rotatable bonds is 10. The quantitative estimate of drug-likeness (QED) is 0.392. The molecule has 3 aromatic carbocycles. The number of hydrogen-bond acceptors (Lipinski definition) is 3. The van der Waals surface area contributed by atoms with Crippen LogP contribution >= 0.6 is 0 Å². The lowest BCUT2D eigenvalue weighted by molar-refractivity contribution is -0.129. The third-order valence-corrected chi connectivity index (χ3v) is 5.52. The van der Waals surface area contributed by atoms with Gasteiger partial charge in [-0.15, -0.1) is 0 Å². The largest absolute Gasteiger partial charge is 0.496 e. The lowest BCUT2D eigenvalue weighted by Crippen LogP contribution is -2.30. The Labute approximate surface area is 191 Å². The van der Waals surface area contributed by atoms with Crippen LogP contribution in [0.4, 0.5) is 0 Å². The molecule has 4 nitrogen and oxygen atoms in total. The smallest absolute Gasteiger partial charge is 0.219 e. The van der Waals surface area contributed by atoms with Crippen molar-refractivity contribution in [2.24, 2.45) is 0 Å². The van der Waals surface area contributed by atoms with Gasteiger partial charge in [0.15, 0.2) is 0 Å². The van der Waals surface area contributed by atoms with Gasteiger partial charge >= 0.3 is 0 Å². The summed E-state index contributed by atoms with van der Waals surface area (Å²) in [5, 5.41) is 0. The molecule has 0 aliphatic carbocycles. The average molecular weight is 432 g/mol. The van der Waals surface area contributed by atoms with Crippen molar-refractivity contribution in [1.29, 1.82) is 0 Å². The van der Waals surface area contributed by atoms with Crippen LogP contribution in [0.15, 0.2) is 78.9 Å². The highest BCUT2D eigenvalue weighted by Gasteiger charge is 2.21. The molecule has 0 unspecified atom stereocenters. The molecule has 32 heavy (non-hydrogen) atoms. The summed E-state index contributed by atoms with van der Waals surface area (Å²) in [5.41, 5.74) is 3.43. The van der Waals surface area contributed by atoms with E-state index in [2.05, 4.69) is 30.3 Å². The highest BCUT2D eigenvalue weighted by Crippen LogP contribution is 2.35. The van der Waals surface area contributed by atoms with Crippen molar-refractivity contribution in [3.05, 3.63) is 95.6 Å². The van der Waals surface area contributed by atoms with Gasteiger partial charge in [-0.3, -0.25) is 4.79 Å². The van der Waals surface area contributed by atoms with Crippen LogP contribution in [0.25, 0.3) is 0 Å². The topological polar surface area (TPSA) is 38.8 Å². The zero-order chi connectivity index (χ0) is 22.9. The maximum absolute atomic E-state index is 12.4. The van der Waals surface area contributed by atoms with Crippen molar-refractivity contribution < 1.29 is 14.3 Å². The van der Waals surface area contributed by atoms with E-state index in [4.69, 9.17) is 9.47 Å².